The summed E-state index contributed by atoms with van der Waals surface area (Å²) in [5.74, 6) is 0. The van der Waals surface area contributed by atoms with Gasteiger partial charge in [0.05, 0.1) is 12.3 Å². The van der Waals surface area contributed by atoms with Gasteiger partial charge in [-0.3, -0.25) is 0 Å². The Hall–Kier alpha value is -1.63. The first kappa shape index (κ1) is 18.7. The molecular weight excluding hydrogens is 420 g/mol. The van der Waals surface area contributed by atoms with Crippen molar-refractivity contribution in [3.8, 4) is 11.1 Å². The molecule has 0 atom stereocenters. The van der Waals surface area contributed by atoms with Crippen LogP contribution in [-0.4, -0.2) is 31.1 Å². The maximum absolute atomic E-state index is 5.94. The predicted octanol–water partition coefficient (Wildman–Crippen LogP) is 5.72. The van der Waals surface area contributed by atoms with Crippen LogP contribution in [0.4, 0.5) is 0 Å². The molecule has 0 saturated heterocycles. The molecule has 1 aromatic rings. The first-order valence-corrected chi connectivity index (χ1v) is 13.9. The molecule has 0 radical (unpaired) electrons. The van der Waals surface area contributed by atoms with E-state index in [1.807, 2.05) is 10.8 Å². The normalized spacial score (nSPS) is 16.7. The van der Waals surface area contributed by atoms with Crippen LogP contribution >= 0.6 is 15.9 Å². The maximum Gasteiger partial charge on any atom is 0.164 e. The van der Waals surface area contributed by atoms with Crippen molar-refractivity contribution in [3.05, 3.63) is 46.4 Å². The number of nitrogens with zero attached hydrogens (tertiary/aromatic N) is 2. The molecular formula is C21H25BrN2O2Si. The van der Waals surface area contributed by atoms with E-state index < -0.39 is 8.07 Å². The molecule has 0 spiro atoms. The van der Waals surface area contributed by atoms with Gasteiger partial charge in [0.25, 0.3) is 0 Å². The first-order valence-electron chi connectivity index (χ1n) is 9.41. The number of ether oxygens (including phenoxy) is 2. The van der Waals surface area contributed by atoms with Gasteiger partial charge in [-0.15, -0.1) is 0 Å². The molecule has 0 saturated carbocycles. The molecule has 4 nitrogen and oxygen atoms in total. The van der Waals surface area contributed by atoms with Crippen molar-refractivity contribution in [2.75, 3.05) is 13.2 Å². The van der Waals surface area contributed by atoms with Crippen LogP contribution in [0.3, 0.4) is 0 Å². The van der Waals surface area contributed by atoms with Crippen molar-refractivity contribution in [2.24, 2.45) is 0 Å². The van der Waals surface area contributed by atoms with Crippen LogP contribution in [0.2, 0.25) is 25.7 Å². The molecule has 4 rings (SSSR count). The van der Waals surface area contributed by atoms with Gasteiger partial charge >= 0.3 is 0 Å². The Kier molecular flexibility index (Phi) is 5.14. The van der Waals surface area contributed by atoms with E-state index >= 15 is 0 Å². The number of hydrogen-bond acceptors (Lipinski definition) is 3. The minimum atomic E-state index is -1.09. The summed E-state index contributed by atoms with van der Waals surface area (Å²) in [6.07, 6.45) is 4.98. The lowest BCUT2D eigenvalue weighted by Crippen LogP contribution is -2.22. The number of fused-ring (bicyclic) bond motifs is 3. The van der Waals surface area contributed by atoms with Crippen LogP contribution in [0.25, 0.3) is 28.0 Å². The molecule has 0 fully saturated rings. The Bertz CT molecular complexity index is 974. The highest BCUT2D eigenvalue weighted by atomic mass is 79.9. The summed E-state index contributed by atoms with van der Waals surface area (Å²) in [5.41, 5.74) is 4.72. The second-order valence-electron chi connectivity index (χ2n) is 8.26. The summed E-state index contributed by atoms with van der Waals surface area (Å²) in [6.45, 7) is 9.01. The van der Waals surface area contributed by atoms with E-state index in [-0.39, 0.29) is 0 Å². The molecule has 27 heavy (non-hydrogen) atoms. The third kappa shape index (κ3) is 3.98. The minimum Gasteiger partial charge on any atom is -0.486 e. The highest BCUT2D eigenvalue weighted by Crippen LogP contribution is 2.42. The monoisotopic (exact) mass is 444 g/mol. The molecule has 2 aliphatic heterocycles. The average molecular weight is 445 g/mol. The van der Waals surface area contributed by atoms with E-state index in [1.165, 1.54) is 27.5 Å². The predicted molar refractivity (Wildman–Crippen MR) is 117 cm³/mol. The summed E-state index contributed by atoms with van der Waals surface area (Å²) in [4.78, 5) is 0. The number of aromatic nitrogens is 2. The van der Waals surface area contributed by atoms with Gasteiger partial charge in [0.15, 0.2) is 4.67 Å². The van der Waals surface area contributed by atoms with Crippen LogP contribution in [-0.2, 0) is 22.6 Å². The zero-order valence-electron chi connectivity index (χ0n) is 16.1. The van der Waals surface area contributed by atoms with Crippen LogP contribution in [0.1, 0.15) is 11.3 Å². The number of rotatable bonds is 5. The lowest BCUT2D eigenvalue weighted by atomic mass is 10.0. The number of halogens is 1. The molecule has 3 aliphatic rings. The van der Waals surface area contributed by atoms with Gasteiger partial charge in [-0.1, -0.05) is 43.9 Å². The zero-order valence-corrected chi connectivity index (χ0v) is 18.7. The summed E-state index contributed by atoms with van der Waals surface area (Å²) < 4.78 is 14.3. The van der Waals surface area contributed by atoms with Crippen molar-refractivity contribution >= 4 is 40.9 Å². The SMILES string of the molecule is C[Si](C)(C)CCOCn1cc2c3ccccc3c3c-2c(n1)/C=C(/Br)OCC3. The van der Waals surface area contributed by atoms with E-state index in [2.05, 4.69) is 66.0 Å². The van der Waals surface area contributed by atoms with Gasteiger partial charge < -0.3 is 9.47 Å². The molecule has 0 bridgehead atoms. The summed E-state index contributed by atoms with van der Waals surface area (Å²) in [7, 11) is -1.09. The summed E-state index contributed by atoms with van der Waals surface area (Å²) in [6, 6.07) is 9.75. The van der Waals surface area contributed by atoms with Crippen molar-refractivity contribution in [2.45, 2.75) is 38.8 Å². The van der Waals surface area contributed by atoms with Gasteiger partial charge in [-0.25, -0.2) is 4.68 Å². The third-order valence-electron chi connectivity index (χ3n) is 4.95. The van der Waals surface area contributed by atoms with E-state index in [4.69, 9.17) is 14.6 Å². The summed E-state index contributed by atoms with van der Waals surface area (Å²) in [5, 5.41) is 7.40. The van der Waals surface area contributed by atoms with E-state index in [9.17, 15) is 0 Å². The van der Waals surface area contributed by atoms with Gasteiger partial charge in [-0.05, 0) is 38.3 Å². The molecule has 0 N–H and O–H groups in total. The Labute approximate surface area is 169 Å². The molecule has 0 unspecified atom stereocenters. The van der Waals surface area contributed by atoms with Crippen molar-refractivity contribution in [1.82, 2.24) is 9.78 Å². The Morgan fingerprint density at radius 1 is 1.22 bits per heavy atom. The van der Waals surface area contributed by atoms with E-state index in [1.54, 1.807) is 0 Å². The molecule has 0 amide bonds. The second-order valence-corrected chi connectivity index (χ2v) is 14.7. The van der Waals surface area contributed by atoms with Gasteiger partial charge in [0.1, 0.15) is 6.73 Å². The Morgan fingerprint density at radius 3 is 2.78 bits per heavy atom. The molecule has 2 heterocycles. The van der Waals surface area contributed by atoms with Crippen LogP contribution in [0, 0.1) is 0 Å². The fourth-order valence-corrected chi connectivity index (χ4v) is 4.70. The molecule has 1 aromatic carbocycles. The van der Waals surface area contributed by atoms with Crippen LogP contribution in [0.15, 0.2) is 35.1 Å². The molecule has 142 valence electrons. The minimum absolute atomic E-state index is 0.467. The average Bonchev–Trinajstić information content (AvgIpc) is 2.91. The highest BCUT2D eigenvalue weighted by Gasteiger charge is 2.24. The van der Waals surface area contributed by atoms with E-state index in [0.29, 0.717) is 13.3 Å². The molecule has 6 heteroatoms. The van der Waals surface area contributed by atoms with Crippen molar-refractivity contribution in [3.63, 3.8) is 0 Å². The fraction of sp³-hybridized carbons (Fsp3) is 0.381. The lowest BCUT2D eigenvalue weighted by molar-refractivity contribution is 0.0774. The van der Waals surface area contributed by atoms with Gasteiger partial charge in [0, 0.05) is 44.5 Å². The van der Waals surface area contributed by atoms with Crippen LogP contribution in [0.5, 0.6) is 0 Å². The third-order valence-corrected chi connectivity index (χ3v) is 7.11. The Morgan fingerprint density at radius 2 is 2.00 bits per heavy atom. The Balaban J connectivity index is 1.76. The quantitative estimate of drug-likeness (QED) is 0.372. The van der Waals surface area contributed by atoms with E-state index in [0.717, 1.165) is 29.4 Å². The molecule has 0 aromatic heterocycles. The summed E-state index contributed by atoms with van der Waals surface area (Å²) >= 11 is 3.51. The topological polar surface area (TPSA) is 36.3 Å². The maximum atomic E-state index is 5.94. The van der Waals surface area contributed by atoms with Crippen LogP contribution < -0.4 is 0 Å². The smallest absolute Gasteiger partial charge is 0.164 e. The van der Waals surface area contributed by atoms with Gasteiger partial charge in [-0.2, -0.15) is 5.10 Å². The zero-order chi connectivity index (χ0) is 19.0. The highest BCUT2D eigenvalue weighted by molar-refractivity contribution is 9.11. The standard InChI is InChI=1S/C21H25BrN2O2Si/c1-27(2,3)11-10-25-14-24-13-18-16-7-5-4-6-15(16)17-8-9-26-20(22)12-19(23-24)21(17)18/h4-7,12-13H,8-11,14H2,1-3H3/b20-12-. The number of benzene rings is 1. The largest absolute Gasteiger partial charge is 0.486 e. The lowest BCUT2D eigenvalue weighted by Gasteiger charge is -2.18. The van der Waals surface area contributed by atoms with Crippen molar-refractivity contribution < 1.29 is 9.47 Å². The van der Waals surface area contributed by atoms with Crippen molar-refractivity contribution in [1.29, 1.82) is 0 Å². The van der Waals surface area contributed by atoms with Gasteiger partial charge in [0.2, 0.25) is 0 Å². The molecule has 1 aliphatic carbocycles. The number of hydrogen-bond donors (Lipinski definition) is 0. The second kappa shape index (κ2) is 7.41. The first-order chi connectivity index (χ1) is 12.9. The fourth-order valence-electron chi connectivity index (χ4n) is 3.57.